The minimum Gasteiger partial charge on any atom is -0.383 e. The summed E-state index contributed by atoms with van der Waals surface area (Å²) in [6, 6.07) is 24.1. The molecule has 0 amide bonds. The van der Waals surface area contributed by atoms with Crippen molar-refractivity contribution < 1.29 is 0 Å². The number of benzene rings is 4. The molecule has 40 heavy (non-hydrogen) atoms. The Morgan fingerprint density at radius 1 is 0.550 bits per heavy atom. The van der Waals surface area contributed by atoms with E-state index in [1.165, 1.54) is 22.3 Å². The zero-order valence-electron chi connectivity index (χ0n) is 23.3. The molecule has 0 aliphatic heterocycles. The lowest BCUT2D eigenvalue weighted by Gasteiger charge is -2.09. The molecule has 4 aromatic carbocycles. The van der Waals surface area contributed by atoms with Gasteiger partial charge in [0, 0.05) is 24.5 Å². The second-order valence-corrected chi connectivity index (χ2v) is 10.6. The van der Waals surface area contributed by atoms with Gasteiger partial charge >= 0.3 is 0 Å². The number of halogens is 2. The Balaban J connectivity index is 1.29. The Morgan fingerprint density at radius 2 is 0.975 bits per heavy atom. The molecule has 0 aliphatic carbocycles. The molecular formula is C32H34Cl2N6. The Bertz CT molecular complexity index is 1420. The first-order chi connectivity index (χ1) is 19.3. The van der Waals surface area contributed by atoms with E-state index in [0.29, 0.717) is 47.6 Å². The molecule has 206 valence electrons. The first-order valence-electron chi connectivity index (χ1n) is 13.3. The number of anilines is 2. The van der Waals surface area contributed by atoms with Gasteiger partial charge in [0.25, 0.3) is 0 Å². The molecule has 4 rings (SSSR count). The third kappa shape index (κ3) is 8.13. The van der Waals surface area contributed by atoms with Crippen LogP contribution in [-0.2, 0) is 0 Å². The Kier molecular flexibility index (Phi) is 10.3. The van der Waals surface area contributed by atoms with Gasteiger partial charge in [-0.25, -0.2) is 0 Å². The van der Waals surface area contributed by atoms with Gasteiger partial charge in [0.1, 0.15) is 11.4 Å². The third-order valence-electron chi connectivity index (χ3n) is 6.40. The number of azo groups is 2. The van der Waals surface area contributed by atoms with Crippen molar-refractivity contribution >= 4 is 46.0 Å². The van der Waals surface area contributed by atoms with E-state index in [2.05, 4.69) is 95.2 Å². The van der Waals surface area contributed by atoms with Crippen LogP contribution in [0, 0.1) is 27.7 Å². The summed E-state index contributed by atoms with van der Waals surface area (Å²) in [5.41, 5.74) is 10.3. The predicted molar refractivity (Wildman–Crippen MR) is 169 cm³/mol. The van der Waals surface area contributed by atoms with Gasteiger partial charge in [0.05, 0.1) is 23.1 Å². The van der Waals surface area contributed by atoms with E-state index < -0.39 is 0 Å². The number of rotatable bonds is 11. The Labute approximate surface area is 246 Å². The summed E-state index contributed by atoms with van der Waals surface area (Å²) in [5, 5.41) is 25.0. The third-order valence-corrected chi connectivity index (χ3v) is 7.01. The predicted octanol–water partition coefficient (Wildman–Crippen LogP) is 10.3. The summed E-state index contributed by atoms with van der Waals surface area (Å²) in [4.78, 5) is 0. The van der Waals surface area contributed by atoms with Gasteiger partial charge in [-0.05, 0) is 86.3 Å². The van der Waals surface area contributed by atoms with Gasteiger partial charge in [-0.2, -0.15) is 20.5 Å². The fourth-order valence-electron chi connectivity index (χ4n) is 4.29. The van der Waals surface area contributed by atoms with Gasteiger partial charge < -0.3 is 10.6 Å². The zero-order valence-corrected chi connectivity index (χ0v) is 24.8. The molecule has 0 fully saturated rings. The van der Waals surface area contributed by atoms with Crippen LogP contribution in [0.3, 0.4) is 0 Å². The normalized spacial score (nSPS) is 11.4. The van der Waals surface area contributed by atoms with E-state index in [4.69, 9.17) is 23.2 Å². The van der Waals surface area contributed by atoms with Gasteiger partial charge in [-0.1, -0.05) is 70.7 Å². The van der Waals surface area contributed by atoms with Gasteiger partial charge in [-0.3, -0.25) is 0 Å². The van der Waals surface area contributed by atoms with Crippen LogP contribution < -0.4 is 10.6 Å². The second kappa shape index (κ2) is 14.1. The largest absolute Gasteiger partial charge is 0.383 e. The molecule has 0 bridgehead atoms. The van der Waals surface area contributed by atoms with Crippen molar-refractivity contribution in [3.63, 3.8) is 0 Å². The summed E-state index contributed by atoms with van der Waals surface area (Å²) in [6.07, 6.45) is 0. The topological polar surface area (TPSA) is 73.5 Å². The smallest absolute Gasteiger partial charge is 0.104 e. The Morgan fingerprint density at radius 3 is 1.35 bits per heavy atom. The lowest BCUT2D eigenvalue weighted by molar-refractivity contribution is 0.943. The lowest BCUT2D eigenvalue weighted by Crippen LogP contribution is -2.05. The highest BCUT2D eigenvalue weighted by molar-refractivity contribution is 6.34. The van der Waals surface area contributed by atoms with Crippen LogP contribution in [0.2, 0.25) is 10.0 Å². The van der Waals surface area contributed by atoms with Crippen molar-refractivity contribution in [1.82, 2.24) is 0 Å². The SMILES string of the molecule is Cc1ccc(NCCN=Nc2ccc(-c3ccc(N=NCCNc4ccc(C)cc4C)c(Cl)c3)cc2Cl)c(C)c1. The Hall–Kier alpha value is -3.74. The van der Waals surface area contributed by atoms with Crippen LogP contribution in [0.1, 0.15) is 22.3 Å². The maximum Gasteiger partial charge on any atom is 0.104 e. The van der Waals surface area contributed by atoms with E-state index in [1.807, 2.05) is 36.4 Å². The molecule has 4 aromatic rings. The molecule has 2 N–H and O–H groups in total. The first kappa shape index (κ1) is 29.2. The maximum absolute atomic E-state index is 6.51. The van der Waals surface area contributed by atoms with Crippen LogP contribution in [0.5, 0.6) is 0 Å². The highest BCUT2D eigenvalue weighted by Gasteiger charge is 2.07. The molecular weight excluding hydrogens is 539 g/mol. The van der Waals surface area contributed by atoms with E-state index in [9.17, 15) is 0 Å². The zero-order chi connectivity index (χ0) is 28.5. The van der Waals surface area contributed by atoms with Gasteiger partial charge in [0.2, 0.25) is 0 Å². The summed E-state index contributed by atoms with van der Waals surface area (Å²) in [5.74, 6) is 0. The van der Waals surface area contributed by atoms with Crippen molar-refractivity contribution in [3.8, 4) is 11.1 Å². The van der Waals surface area contributed by atoms with E-state index in [0.717, 1.165) is 22.5 Å². The van der Waals surface area contributed by atoms with Crippen molar-refractivity contribution in [2.45, 2.75) is 27.7 Å². The van der Waals surface area contributed by atoms with Crippen molar-refractivity contribution in [3.05, 3.63) is 105 Å². The van der Waals surface area contributed by atoms with E-state index in [1.54, 1.807) is 0 Å². The fraction of sp³-hybridized carbons (Fsp3) is 0.250. The maximum atomic E-state index is 6.51. The molecule has 8 heteroatoms. The minimum absolute atomic E-state index is 0.528. The highest BCUT2D eigenvalue weighted by atomic mass is 35.5. The highest BCUT2D eigenvalue weighted by Crippen LogP contribution is 2.34. The molecule has 0 aliphatic rings. The summed E-state index contributed by atoms with van der Waals surface area (Å²) in [7, 11) is 0. The molecule has 0 heterocycles. The standard InChI is InChI=1S/C32H34Cl2N6/c1-21-5-9-29(23(3)17-21)35-13-15-37-39-31-11-7-25(19-27(31)33)26-8-12-32(28(34)20-26)40-38-16-14-36-30-10-6-22(2)18-24(30)4/h5-12,17-20,35-36H,13-16H2,1-4H3. The molecule has 0 atom stereocenters. The average Bonchev–Trinajstić information content (AvgIpc) is 2.92. The summed E-state index contributed by atoms with van der Waals surface area (Å²) < 4.78 is 0. The number of hydrogen-bond donors (Lipinski definition) is 2. The van der Waals surface area contributed by atoms with Crippen molar-refractivity contribution in [1.29, 1.82) is 0 Å². The number of hydrogen-bond acceptors (Lipinski definition) is 6. The van der Waals surface area contributed by atoms with E-state index in [-0.39, 0.29) is 0 Å². The van der Waals surface area contributed by atoms with Crippen LogP contribution in [-0.4, -0.2) is 26.2 Å². The molecule has 0 spiro atoms. The summed E-state index contributed by atoms with van der Waals surface area (Å²) >= 11 is 13.0. The first-order valence-corrected chi connectivity index (χ1v) is 14.0. The molecule has 0 saturated carbocycles. The molecule has 0 aromatic heterocycles. The minimum atomic E-state index is 0.528. The fourth-order valence-corrected chi connectivity index (χ4v) is 4.73. The molecule has 0 unspecified atom stereocenters. The van der Waals surface area contributed by atoms with Crippen molar-refractivity contribution in [2.75, 3.05) is 36.8 Å². The number of nitrogens with one attached hydrogen (secondary N) is 2. The molecule has 0 saturated heterocycles. The average molecular weight is 574 g/mol. The number of nitrogens with zero attached hydrogens (tertiary/aromatic N) is 4. The molecule has 0 radical (unpaired) electrons. The van der Waals surface area contributed by atoms with Crippen LogP contribution in [0.25, 0.3) is 11.1 Å². The quantitative estimate of drug-likeness (QED) is 0.138. The number of aryl methyl sites for hydroxylation is 4. The summed E-state index contributed by atoms with van der Waals surface area (Å²) in [6.45, 7) is 10.8. The van der Waals surface area contributed by atoms with Crippen LogP contribution in [0.4, 0.5) is 22.7 Å². The lowest BCUT2D eigenvalue weighted by atomic mass is 10.1. The van der Waals surface area contributed by atoms with Crippen LogP contribution >= 0.6 is 23.2 Å². The van der Waals surface area contributed by atoms with E-state index >= 15 is 0 Å². The molecule has 6 nitrogen and oxygen atoms in total. The van der Waals surface area contributed by atoms with Gasteiger partial charge in [-0.15, -0.1) is 0 Å². The van der Waals surface area contributed by atoms with Gasteiger partial charge in [0.15, 0.2) is 0 Å². The monoisotopic (exact) mass is 572 g/mol. The van der Waals surface area contributed by atoms with Crippen molar-refractivity contribution in [2.24, 2.45) is 20.5 Å². The second-order valence-electron chi connectivity index (χ2n) is 9.75. The van der Waals surface area contributed by atoms with Crippen LogP contribution in [0.15, 0.2) is 93.3 Å².